The number of benzene rings is 1. The number of anilines is 2. The molecule has 5 N–H and O–H groups in total. The van der Waals surface area contributed by atoms with Gasteiger partial charge in [-0.3, -0.25) is 5.32 Å². The highest BCUT2D eigenvalue weighted by molar-refractivity contribution is 7.98. The molecule has 1 amide bonds. The van der Waals surface area contributed by atoms with Crippen LogP contribution < -0.4 is 26.4 Å². The lowest BCUT2D eigenvalue weighted by Crippen LogP contribution is -2.15. The number of nitrogens with zero attached hydrogens (tertiary/aromatic N) is 3. The summed E-state index contributed by atoms with van der Waals surface area (Å²) in [6.45, 7) is 2.20. The van der Waals surface area contributed by atoms with E-state index in [9.17, 15) is 4.79 Å². The van der Waals surface area contributed by atoms with E-state index in [2.05, 4.69) is 15.3 Å². The summed E-state index contributed by atoms with van der Waals surface area (Å²) in [5.74, 6) is 8.67. The van der Waals surface area contributed by atoms with Crippen molar-refractivity contribution in [3.05, 3.63) is 29.8 Å². The third kappa shape index (κ3) is 3.43. The number of carbonyl (C=O) groups excluding carboxylic acids is 1. The standard InChI is InChI=1S/C17H18N6O4S/c1-2-25-17(24)21-13-6-10-14(15(18)20-13)22-16(23(10)19)28-7-9-3-4-11-12(5-9)27-8-26-11/h3-6H,2,7-8,19H2,1H3,(H3,18,20,21,24). The largest absolute Gasteiger partial charge is 0.454 e. The number of nitrogens with one attached hydrogen (secondary N) is 1. The highest BCUT2D eigenvalue weighted by atomic mass is 32.2. The van der Waals surface area contributed by atoms with Gasteiger partial charge in [0.25, 0.3) is 0 Å². The van der Waals surface area contributed by atoms with Gasteiger partial charge in [-0.2, -0.15) is 0 Å². The normalized spacial score (nSPS) is 12.3. The van der Waals surface area contributed by atoms with E-state index in [1.165, 1.54) is 16.4 Å². The first kappa shape index (κ1) is 18.0. The van der Waals surface area contributed by atoms with Crippen LogP contribution in [-0.2, 0) is 10.5 Å². The number of imidazole rings is 1. The molecule has 10 nitrogen and oxygen atoms in total. The third-order valence-corrected chi connectivity index (χ3v) is 5.01. The fourth-order valence-corrected chi connectivity index (χ4v) is 3.58. The van der Waals surface area contributed by atoms with Gasteiger partial charge in [-0.05, 0) is 24.6 Å². The Morgan fingerprint density at radius 1 is 1.32 bits per heavy atom. The van der Waals surface area contributed by atoms with Gasteiger partial charge in [-0.1, -0.05) is 17.8 Å². The minimum atomic E-state index is -0.616. The van der Waals surface area contributed by atoms with Crippen LogP contribution in [0.25, 0.3) is 11.0 Å². The van der Waals surface area contributed by atoms with Crippen molar-refractivity contribution < 1.29 is 19.0 Å². The first-order valence-corrected chi connectivity index (χ1v) is 9.43. The summed E-state index contributed by atoms with van der Waals surface area (Å²) < 4.78 is 17.0. The highest BCUT2D eigenvalue weighted by Gasteiger charge is 2.17. The van der Waals surface area contributed by atoms with Crippen molar-refractivity contribution in [2.75, 3.05) is 30.3 Å². The van der Waals surface area contributed by atoms with Crippen LogP contribution in [0.3, 0.4) is 0 Å². The molecule has 0 fully saturated rings. The lowest BCUT2D eigenvalue weighted by atomic mass is 10.2. The van der Waals surface area contributed by atoms with Gasteiger partial charge in [0.05, 0.1) is 12.1 Å². The van der Waals surface area contributed by atoms with Crippen LogP contribution in [0.15, 0.2) is 29.4 Å². The summed E-state index contributed by atoms with van der Waals surface area (Å²) in [4.78, 5) is 20.2. The van der Waals surface area contributed by atoms with Crippen molar-refractivity contribution in [3.8, 4) is 11.5 Å². The van der Waals surface area contributed by atoms with Crippen molar-refractivity contribution in [1.82, 2.24) is 14.6 Å². The predicted molar refractivity (Wildman–Crippen MR) is 105 cm³/mol. The molecule has 3 aromatic rings. The summed E-state index contributed by atoms with van der Waals surface area (Å²) in [6, 6.07) is 7.36. The van der Waals surface area contributed by atoms with Crippen molar-refractivity contribution in [2.24, 2.45) is 0 Å². The fourth-order valence-electron chi connectivity index (χ4n) is 2.71. The molecule has 11 heteroatoms. The maximum absolute atomic E-state index is 11.6. The molecule has 146 valence electrons. The molecule has 1 aliphatic rings. The molecule has 4 rings (SSSR count). The van der Waals surface area contributed by atoms with Gasteiger partial charge in [-0.15, -0.1) is 0 Å². The molecular weight excluding hydrogens is 384 g/mol. The summed E-state index contributed by atoms with van der Waals surface area (Å²) in [7, 11) is 0. The first-order valence-electron chi connectivity index (χ1n) is 8.44. The number of fused-ring (bicyclic) bond motifs is 2. The number of pyridine rings is 1. The average molecular weight is 402 g/mol. The Kier molecular flexibility index (Phi) is 4.74. The quantitative estimate of drug-likeness (QED) is 0.433. The van der Waals surface area contributed by atoms with E-state index in [1.54, 1.807) is 13.0 Å². The molecule has 0 atom stereocenters. The summed E-state index contributed by atoms with van der Waals surface area (Å²) in [5.41, 5.74) is 8.03. The molecule has 0 radical (unpaired) electrons. The van der Waals surface area contributed by atoms with Crippen LogP contribution in [0, 0.1) is 0 Å². The number of rotatable bonds is 5. The van der Waals surface area contributed by atoms with E-state index in [4.69, 9.17) is 25.8 Å². The second-order valence-electron chi connectivity index (χ2n) is 5.85. The van der Waals surface area contributed by atoms with Crippen molar-refractivity contribution in [3.63, 3.8) is 0 Å². The summed E-state index contributed by atoms with van der Waals surface area (Å²) in [5, 5.41) is 3.08. The van der Waals surface area contributed by atoms with Gasteiger partial charge in [-0.25, -0.2) is 19.4 Å². The average Bonchev–Trinajstić information content (AvgIpc) is 3.25. The van der Waals surface area contributed by atoms with Crippen molar-refractivity contribution in [2.45, 2.75) is 17.8 Å². The Morgan fingerprint density at radius 3 is 2.96 bits per heavy atom. The van der Waals surface area contributed by atoms with E-state index in [1.807, 2.05) is 18.2 Å². The van der Waals surface area contributed by atoms with Crippen molar-refractivity contribution in [1.29, 1.82) is 0 Å². The number of aromatic nitrogens is 3. The second kappa shape index (κ2) is 7.35. The molecule has 1 aliphatic heterocycles. The summed E-state index contributed by atoms with van der Waals surface area (Å²) >= 11 is 1.44. The Morgan fingerprint density at radius 2 is 2.14 bits per heavy atom. The van der Waals surface area contributed by atoms with E-state index in [0.29, 0.717) is 21.9 Å². The molecule has 28 heavy (non-hydrogen) atoms. The van der Waals surface area contributed by atoms with Crippen LogP contribution in [0.5, 0.6) is 11.5 Å². The fraction of sp³-hybridized carbons (Fsp3) is 0.235. The third-order valence-electron chi connectivity index (χ3n) is 3.98. The Bertz CT molecular complexity index is 1050. The van der Waals surface area contributed by atoms with Gasteiger partial charge in [0, 0.05) is 11.8 Å². The Balaban J connectivity index is 1.55. The van der Waals surface area contributed by atoms with E-state index >= 15 is 0 Å². The Labute approximate surface area is 164 Å². The zero-order valence-electron chi connectivity index (χ0n) is 15.0. The zero-order chi connectivity index (χ0) is 19.7. The maximum atomic E-state index is 11.6. The lowest BCUT2D eigenvalue weighted by molar-refractivity contribution is 0.168. The van der Waals surface area contributed by atoms with Gasteiger partial charge >= 0.3 is 6.09 Å². The molecule has 3 heterocycles. The number of hydrogen-bond acceptors (Lipinski definition) is 9. The molecule has 0 unspecified atom stereocenters. The smallest absolute Gasteiger partial charge is 0.412 e. The molecule has 0 aliphatic carbocycles. The van der Waals surface area contributed by atoms with E-state index < -0.39 is 6.09 Å². The lowest BCUT2D eigenvalue weighted by Gasteiger charge is -2.06. The molecule has 1 aromatic carbocycles. The highest BCUT2D eigenvalue weighted by Crippen LogP contribution is 2.35. The minimum absolute atomic E-state index is 0.165. The zero-order valence-corrected chi connectivity index (χ0v) is 15.8. The first-order chi connectivity index (χ1) is 13.5. The van der Waals surface area contributed by atoms with Gasteiger partial charge in [0.2, 0.25) is 6.79 Å². The number of ether oxygens (including phenoxy) is 3. The molecular formula is C17H18N6O4S. The van der Waals surface area contributed by atoms with Crippen LogP contribution in [0.1, 0.15) is 12.5 Å². The van der Waals surface area contributed by atoms with E-state index in [0.717, 1.165) is 17.1 Å². The molecule has 0 spiro atoms. The second-order valence-corrected chi connectivity index (χ2v) is 6.79. The Hall–Kier alpha value is -3.34. The molecule has 0 bridgehead atoms. The van der Waals surface area contributed by atoms with Crippen LogP contribution in [-0.4, -0.2) is 34.1 Å². The molecule has 0 saturated carbocycles. The predicted octanol–water partition coefficient (Wildman–Crippen LogP) is 2.32. The van der Waals surface area contributed by atoms with Gasteiger partial charge < -0.3 is 25.8 Å². The summed E-state index contributed by atoms with van der Waals surface area (Å²) in [6.07, 6.45) is -0.616. The SMILES string of the molecule is CCOC(=O)Nc1cc2c(nc(SCc3ccc4c(c3)OCO4)n2N)c(N)n1. The van der Waals surface area contributed by atoms with Crippen LogP contribution >= 0.6 is 11.8 Å². The van der Waals surface area contributed by atoms with Gasteiger partial charge in [0.15, 0.2) is 22.5 Å². The number of thioether (sulfide) groups is 1. The number of nitrogens with two attached hydrogens (primary N) is 2. The van der Waals surface area contributed by atoms with Gasteiger partial charge in [0.1, 0.15) is 11.3 Å². The number of carbonyl (C=O) groups is 1. The monoisotopic (exact) mass is 402 g/mol. The minimum Gasteiger partial charge on any atom is -0.454 e. The van der Waals surface area contributed by atoms with E-state index in [-0.39, 0.29) is 25.0 Å². The van der Waals surface area contributed by atoms with Crippen molar-refractivity contribution >= 4 is 40.5 Å². The molecule has 2 aromatic heterocycles. The number of amides is 1. The maximum Gasteiger partial charge on any atom is 0.412 e. The number of hydrogen-bond donors (Lipinski definition) is 3. The number of nitrogen functional groups attached to an aromatic ring is 2. The molecule has 0 saturated heterocycles. The van der Waals surface area contributed by atoms with Crippen LogP contribution in [0.4, 0.5) is 16.4 Å². The van der Waals surface area contributed by atoms with Crippen LogP contribution in [0.2, 0.25) is 0 Å². The topological polar surface area (TPSA) is 140 Å².